The van der Waals surface area contributed by atoms with Crippen LogP contribution in [-0.2, 0) is 6.54 Å². The highest BCUT2D eigenvalue weighted by molar-refractivity contribution is 5.33. The predicted molar refractivity (Wildman–Crippen MR) is 65.8 cm³/mol. The maximum Gasteiger partial charge on any atom is 0.387 e. The quantitative estimate of drug-likeness (QED) is 0.892. The number of benzene rings is 1. The summed E-state index contributed by atoms with van der Waals surface area (Å²) in [6.07, 6.45) is 1.08. The molecule has 1 fully saturated rings. The van der Waals surface area contributed by atoms with Crippen LogP contribution < -0.4 is 10.1 Å². The van der Waals surface area contributed by atoms with Crippen molar-refractivity contribution in [3.8, 4) is 5.75 Å². The minimum Gasteiger partial charge on any atom is -0.434 e. The highest BCUT2D eigenvalue weighted by Gasteiger charge is 2.13. The van der Waals surface area contributed by atoms with E-state index >= 15 is 0 Å². The Morgan fingerprint density at radius 3 is 2.89 bits per heavy atom. The van der Waals surface area contributed by atoms with E-state index in [4.69, 9.17) is 0 Å². The highest BCUT2D eigenvalue weighted by atomic mass is 19.3. The molecule has 1 aliphatic rings. The van der Waals surface area contributed by atoms with Gasteiger partial charge in [0.05, 0.1) is 0 Å². The first-order valence-corrected chi connectivity index (χ1v) is 6.21. The zero-order valence-corrected chi connectivity index (χ0v) is 10.2. The van der Waals surface area contributed by atoms with Crippen molar-refractivity contribution in [1.29, 1.82) is 0 Å². The van der Waals surface area contributed by atoms with Crippen LogP contribution >= 0.6 is 0 Å². The Bertz CT molecular complexity index is 366. The van der Waals surface area contributed by atoms with Crippen molar-refractivity contribution in [3.05, 3.63) is 29.8 Å². The standard InChI is InChI=1S/C13H18F2N2O/c14-13(15)18-12-5-2-1-4-11(12)10-17-8-3-6-16-7-9-17/h1-2,4-5,13,16H,3,6-10H2. The molecule has 1 saturated heterocycles. The molecule has 1 aliphatic heterocycles. The summed E-state index contributed by atoms with van der Waals surface area (Å²) in [5.41, 5.74) is 0.819. The molecule has 2 rings (SSSR count). The van der Waals surface area contributed by atoms with Crippen molar-refractivity contribution in [2.45, 2.75) is 19.6 Å². The van der Waals surface area contributed by atoms with Gasteiger partial charge < -0.3 is 10.1 Å². The lowest BCUT2D eigenvalue weighted by Gasteiger charge is -2.21. The minimum absolute atomic E-state index is 0.282. The number of ether oxygens (including phenoxy) is 1. The largest absolute Gasteiger partial charge is 0.434 e. The van der Waals surface area contributed by atoms with Gasteiger partial charge in [-0.3, -0.25) is 4.90 Å². The Kier molecular flexibility index (Phi) is 4.90. The fourth-order valence-corrected chi connectivity index (χ4v) is 2.15. The molecule has 100 valence electrons. The van der Waals surface area contributed by atoms with Crippen molar-refractivity contribution in [3.63, 3.8) is 0 Å². The average Bonchev–Trinajstić information content (AvgIpc) is 2.60. The van der Waals surface area contributed by atoms with E-state index in [1.165, 1.54) is 0 Å². The number of hydrogen-bond acceptors (Lipinski definition) is 3. The summed E-state index contributed by atoms with van der Waals surface area (Å²) < 4.78 is 29.1. The van der Waals surface area contributed by atoms with E-state index in [1.54, 1.807) is 12.1 Å². The smallest absolute Gasteiger partial charge is 0.387 e. The van der Waals surface area contributed by atoms with Crippen LogP contribution in [0.25, 0.3) is 0 Å². The van der Waals surface area contributed by atoms with Crippen LogP contribution in [-0.4, -0.2) is 37.7 Å². The summed E-state index contributed by atoms with van der Waals surface area (Å²) in [6.45, 7) is 1.77. The van der Waals surface area contributed by atoms with Crippen LogP contribution in [0.3, 0.4) is 0 Å². The molecular weight excluding hydrogens is 238 g/mol. The van der Waals surface area contributed by atoms with Gasteiger partial charge in [0.15, 0.2) is 0 Å². The number of hydrogen-bond donors (Lipinski definition) is 1. The molecule has 0 atom stereocenters. The normalized spacial score (nSPS) is 17.7. The van der Waals surface area contributed by atoms with Crippen LogP contribution in [0.5, 0.6) is 5.75 Å². The second kappa shape index (κ2) is 6.66. The molecule has 1 N–H and O–H groups in total. The first-order chi connectivity index (χ1) is 8.75. The lowest BCUT2D eigenvalue weighted by molar-refractivity contribution is -0.0507. The third-order valence-electron chi connectivity index (χ3n) is 3.02. The van der Waals surface area contributed by atoms with Gasteiger partial charge in [-0.2, -0.15) is 8.78 Å². The SMILES string of the molecule is FC(F)Oc1ccccc1CN1CCCNCC1. The zero-order valence-electron chi connectivity index (χ0n) is 10.2. The summed E-state index contributed by atoms with van der Waals surface area (Å²) in [5, 5.41) is 3.32. The molecule has 0 aliphatic carbocycles. The first-order valence-electron chi connectivity index (χ1n) is 6.21. The van der Waals surface area contributed by atoms with Crippen LogP contribution in [0.2, 0.25) is 0 Å². The Balaban J connectivity index is 2.02. The monoisotopic (exact) mass is 256 g/mol. The molecule has 0 spiro atoms. The van der Waals surface area contributed by atoms with Crippen molar-refractivity contribution < 1.29 is 13.5 Å². The molecule has 0 unspecified atom stereocenters. The first kappa shape index (κ1) is 13.2. The van der Waals surface area contributed by atoms with Gasteiger partial charge >= 0.3 is 6.61 Å². The van der Waals surface area contributed by atoms with Crippen molar-refractivity contribution in [2.24, 2.45) is 0 Å². The van der Waals surface area contributed by atoms with E-state index in [0.717, 1.165) is 38.2 Å². The third kappa shape index (κ3) is 3.92. The van der Waals surface area contributed by atoms with E-state index in [0.29, 0.717) is 6.54 Å². The lowest BCUT2D eigenvalue weighted by Crippen LogP contribution is -2.27. The highest BCUT2D eigenvalue weighted by Crippen LogP contribution is 2.22. The summed E-state index contributed by atoms with van der Waals surface area (Å²) in [5.74, 6) is 0.282. The zero-order chi connectivity index (χ0) is 12.8. The summed E-state index contributed by atoms with van der Waals surface area (Å²) in [7, 11) is 0. The van der Waals surface area contributed by atoms with E-state index in [1.807, 2.05) is 12.1 Å². The van der Waals surface area contributed by atoms with Crippen molar-refractivity contribution in [2.75, 3.05) is 26.2 Å². The maximum atomic E-state index is 12.3. The minimum atomic E-state index is -2.77. The van der Waals surface area contributed by atoms with Gasteiger partial charge in [-0.25, -0.2) is 0 Å². The molecule has 0 bridgehead atoms. The van der Waals surface area contributed by atoms with Crippen molar-refractivity contribution in [1.82, 2.24) is 10.2 Å². The van der Waals surface area contributed by atoms with Crippen LogP contribution in [0.4, 0.5) is 8.78 Å². The van der Waals surface area contributed by atoms with Gasteiger partial charge in [0.1, 0.15) is 5.75 Å². The van der Waals surface area contributed by atoms with Crippen LogP contribution in [0.1, 0.15) is 12.0 Å². The fourth-order valence-electron chi connectivity index (χ4n) is 2.15. The van der Waals surface area contributed by atoms with Crippen LogP contribution in [0.15, 0.2) is 24.3 Å². The molecule has 3 nitrogen and oxygen atoms in total. The summed E-state index contributed by atoms with van der Waals surface area (Å²) >= 11 is 0. The van der Waals surface area contributed by atoms with E-state index in [2.05, 4.69) is 15.0 Å². The number of nitrogens with one attached hydrogen (secondary N) is 1. The Morgan fingerprint density at radius 2 is 2.06 bits per heavy atom. The van der Waals surface area contributed by atoms with Crippen LogP contribution in [0, 0.1) is 0 Å². The molecule has 1 aromatic carbocycles. The second-order valence-corrected chi connectivity index (χ2v) is 4.37. The van der Waals surface area contributed by atoms with Crippen molar-refractivity contribution >= 4 is 0 Å². The third-order valence-corrected chi connectivity index (χ3v) is 3.02. The van der Waals surface area contributed by atoms with Gasteiger partial charge in [-0.15, -0.1) is 0 Å². The molecule has 1 heterocycles. The predicted octanol–water partition coefficient (Wildman–Crippen LogP) is 2.08. The Labute approximate surface area is 106 Å². The molecule has 1 aromatic rings. The fraction of sp³-hybridized carbons (Fsp3) is 0.538. The maximum absolute atomic E-state index is 12.3. The van der Waals surface area contributed by atoms with Gasteiger partial charge in [0.2, 0.25) is 0 Å². The summed E-state index contributed by atoms with van der Waals surface area (Å²) in [6, 6.07) is 7.00. The number of nitrogens with zero attached hydrogens (tertiary/aromatic N) is 1. The van der Waals surface area contributed by atoms with E-state index in [9.17, 15) is 8.78 Å². The number of para-hydroxylation sites is 1. The molecule has 18 heavy (non-hydrogen) atoms. The molecule has 0 amide bonds. The topological polar surface area (TPSA) is 24.5 Å². The number of rotatable bonds is 4. The molecular formula is C13H18F2N2O. The number of halogens is 2. The van der Waals surface area contributed by atoms with E-state index in [-0.39, 0.29) is 5.75 Å². The molecule has 5 heteroatoms. The van der Waals surface area contributed by atoms with Gasteiger partial charge in [-0.05, 0) is 25.6 Å². The lowest BCUT2D eigenvalue weighted by atomic mass is 10.2. The Hall–Kier alpha value is -1.20. The summed E-state index contributed by atoms with van der Waals surface area (Å²) in [4.78, 5) is 2.26. The van der Waals surface area contributed by atoms with E-state index < -0.39 is 6.61 Å². The molecule has 0 saturated carbocycles. The number of alkyl halides is 2. The molecule has 0 aromatic heterocycles. The molecule has 0 radical (unpaired) electrons. The average molecular weight is 256 g/mol. The van der Waals surface area contributed by atoms with Gasteiger partial charge in [0, 0.05) is 25.2 Å². The van der Waals surface area contributed by atoms with Gasteiger partial charge in [-0.1, -0.05) is 18.2 Å². The second-order valence-electron chi connectivity index (χ2n) is 4.37. The van der Waals surface area contributed by atoms with Gasteiger partial charge in [0.25, 0.3) is 0 Å². The Morgan fingerprint density at radius 1 is 1.22 bits per heavy atom.